The number of furan rings is 1. The molecule has 0 unspecified atom stereocenters. The number of nitrogens with zero attached hydrogens (tertiary/aromatic N) is 2. The van der Waals surface area contributed by atoms with Gasteiger partial charge in [-0.15, -0.1) is 17.9 Å². The molecular weight excluding hydrogens is 367 g/mol. The van der Waals surface area contributed by atoms with Crippen LogP contribution in [0.2, 0.25) is 0 Å². The molecule has 0 saturated carbocycles. The molecule has 1 aromatic carbocycles. The average molecular weight is 380 g/mol. The number of Topliss-reactive ketones (excluding diaryl/α,β-unsaturated/α-hetero) is 1. The lowest BCUT2D eigenvalue weighted by atomic mass is 10.0. The SMILES string of the molecule is C=CCn1c(=O)/c(=C\c2ccco2)s/c1=C(\C#N)C(=O)c1ccccc1F. The predicted octanol–water partition coefficient (Wildman–Crippen LogP) is 2.21. The van der Waals surface area contributed by atoms with E-state index in [4.69, 9.17) is 4.42 Å². The topological polar surface area (TPSA) is 76.0 Å². The number of nitriles is 1. The van der Waals surface area contributed by atoms with Crippen LogP contribution < -0.4 is 14.8 Å². The maximum absolute atomic E-state index is 14.0. The number of benzene rings is 1. The van der Waals surface area contributed by atoms with E-state index < -0.39 is 11.6 Å². The Bertz CT molecular complexity index is 1230. The summed E-state index contributed by atoms with van der Waals surface area (Å²) in [7, 11) is 0. The fourth-order valence-electron chi connectivity index (χ4n) is 2.48. The molecule has 0 aliphatic rings. The molecule has 0 saturated heterocycles. The Morgan fingerprint density at radius 2 is 2.11 bits per heavy atom. The van der Waals surface area contributed by atoms with Gasteiger partial charge in [-0.2, -0.15) is 5.26 Å². The number of aromatic nitrogens is 1. The first-order valence-electron chi connectivity index (χ1n) is 7.86. The molecule has 134 valence electrons. The summed E-state index contributed by atoms with van der Waals surface area (Å²) in [6.45, 7) is 3.71. The maximum atomic E-state index is 14.0. The first-order chi connectivity index (χ1) is 13.1. The Balaban J connectivity index is 2.32. The number of ketones is 1. The van der Waals surface area contributed by atoms with Gasteiger partial charge in [0.15, 0.2) is 0 Å². The molecule has 0 radical (unpaired) electrons. The number of carbonyl (C=O) groups excluding carboxylic acids is 1. The Labute approximate surface area is 157 Å². The number of allylic oxidation sites excluding steroid dienone is 1. The van der Waals surface area contributed by atoms with Gasteiger partial charge in [0, 0.05) is 12.6 Å². The van der Waals surface area contributed by atoms with Crippen molar-refractivity contribution in [2.75, 3.05) is 0 Å². The number of thiazole rings is 1. The molecule has 2 heterocycles. The number of hydrogen-bond acceptors (Lipinski definition) is 5. The van der Waals surface area contributed by atoms with E-state index in [0.717, 1.165) is 17.4 Å². The highest BCUT2D eigenvalue weighted by Gasteiger charge is 2.20. The van der Waals surface area contributed by atoms with Gasteiger partial charge in [0.1, 0.15) is 27.9 Å². The Kier molecular flexibility index (Phi) is 5.29. The number of halogens is 1. The zero-order valence-corrected chi connectivity index (χ0v) is 14.8. The number of rotatable bonds is 5. The van der Waals surface area contributed by atoms with Crippen molar-refractivity contribution in [1.82, 2.24) is 4.57 Å². The third-order valence-corrected chi connectivity index (χ3v) is 4.84. The van der Waals surface area contributed by atoms with Crippen LogP contribution in [-0.4, -0.2) is 10.4 Å². The molecule has 0 N–H and O–H groups in total. The van der Waals surface area contributed by atoms with Crippen molar-refractivity contribution in [2.45, 2.75) is 6.54 Å². The summed E-state index contributed by atoms with van der Waals surface area (Å²) in [5, 5.41) is 9.56. The fraction of sp³-hybridized carbons (Fsp3) is 0.0500. The van der Waals surface area contributed by atoms with Crippen LogP contribution >= 0.6 is 11.3 Å². The van der Waals surface area contributed by atoms with Gasteiger partial charge in [-0.1, -0.05) is 18.2 Å². The summed E-state index contributed by atoms with van der Waals surface area (Å²) >= 11 is 0.970. The lowest BCUT2D eigenvalue weighted by molar-refractivity contribution is 0.105. The Morgan fingerprint density at radius 3 is 2.74 bits per heavy atom. The van der Waals surface area contributed by atoms with Gasteiger partial charge in [0.05, 0.1) is 16.4 Å². The van der Waals surface area contributed by atoms with Crippen LogP contribution in [0.3, 0.4) is 0 Å². The van der Waals surface area contributed by atoms with Gasteiger partial charge in [-0.25, -0.2) is 4.39 Å². The zero-order chi connectivity index (χ0) is 19.4. The monoisotopic (exact) mass is 380 g/mol. The summed E-state index contributed by atoms with van der Waals surface area (Å²) in [6, 6.07) is 10.6. The fourth-order valence-corrected chi connectivity index (χ4v) is 3.57. The second kappa shape index (κ2) is 7.81. The molecule has 0 aliphatic heterocycles. The van der Waals surface area contributed by atoms with Crippen LogP contribution in [-0.2, 0) is 6.54 Å². The third-order valence-electron chi connectivity index (χ3n) is 3.71. The van der Waals surface area contributed by atoms with E-state index >= 15 is 0 Å². The Hall–Kier alpha value is -3.50. The molecule has 0 fully saturated rings. The molecule has 3 aromatic rings. The van der Waals surface area contributed by atoms with E-state index in [0.29, 0.717) is 5.76 Å². The second-order valence-electron chi connectivity index (χ2n) is 5.43. The lowest BCUT2D eigenvalue weighted by Gasteiger charge is -2.02. The van der Waals surface area contributed by atoms with Crippen LogP contribution in [0.5, 0.6) is 0 Å². The molecule has 0 bridgehead atoms. The molecule has 2 aromatic heterocycles. The van der Waals surface area contributed by atoms with Crippen LogP contribution in [0.1, 0.15) is 16.1 Å². The molecule has 7 heteroatoms. The summed E-state index contributed by atoms with van der Waals surface area (Å²) in [6.07, 6.45) is 4.48. The minimum absolute atomic E-state index is 0.104. The minimum Gasteiger partial charge on any atom is -0.465 e. The van der Waals surface area contributed by atoms with E-state index in [2.05, 4.69) is 6.58 Å². The first-order valence-corrected chi connectivity index (χ1v) is 8.68. The van der Waals surface area contributed by atoms with Crippen LogP contribution in [0, 0.1) is 17.1 Å². The maximum Gasteiger partial charge on any atom is 0.269 e. The van der Waals surface area contributed by atoms with Crippen molar-refractivity contribution < 1.29 is 13.6 Å². The molecule has 0 amide bonds. The van der Waals surface area contributed by atoms with E-state index in [1.54, 1.807) is 12.1 Å². The highest BCUT2D eigenvalue weighted by Crippen LogP contribution is 2.12. The molecule has 0 atom stereocenters. The van der Waals surface area contributed by atoms with E-state index in [1.807, 2.05) is 6.07 Å². The van der Waals surface area contributed by atoms with Crippen molar-refractivity contribution in [1.29, 1.82) is 5.26 Å². The normalized spacial score (nSPS) is 12.5. The van der Waals surface area contributed by atoms with Crippen molar-refractivity contribution in [3.05, 3.63) is 92.0 Å². The smallest absolute Gasteiger partial charge is 0.269 e. The molecule has 5 nitrogen and oxygen atoms in total. The Morgan fingerprint density at radius 1 is 1.33 bits per heavy atom. The highest BCUT2D eigenvalue weighted by atomic mass is 32.1. The molecule has 3 rings (SSSR count). The highest BCUT2D eigenvalue weighted by molar-refractivity contribution is 7.07. The second-order valence-corrected chi connectivity index (χ2v) is 6.46. The molecule has 27 heavy (non-hydrogen) atoms. The zero-order valence-electron chi connectivity index (χ0n) is 14.0. The molecule has 0 spiro atoms. The first kappa shape index (κ1) is 18.3. The van der Waals surface area contributed by atoms with Crippen molar-refractivity contribution in [3.63, 3.8) is 0 Å². The predicted molar refractivity (Wildman–Crippen MR) is 100 cm³/mol. The third kappa shape index (κ3) is 3.57. The van der Waals surface area contributed by atoms with Crippen LogP contribution in [0.15, 0.2) is 64.5 Å². The molecular formula is C20H13FN2O3S. The van der Waals surface area contributed by atoms with E-state index in [1.165, 1.54) is 41.2 Å². The van der Waals surface area contributed by atoms with Gasteiger partial charge in [-0.05, 0) is 24.3 Å². The largest absolute Gasteiger partial charge is 0.465 e. The van der Waals surface area contributed by atoms with E-state index in [-0.39, 0.29) is 32.4 Å². The van der Waals surface area contributed by atoms with Crippen molar-refractivity contribution >= 4 is 28.8 Å². The van der Waals surface area contributed by atoms with Crippen molar-refractivity contribution in [2.24, 2.45) is 0 Å². The van der Waals surface area contributed by atoms with E-state index in [9.17, 15) is 19.2 Å². The van der Waals surface area contributed by atoms with Crippen LogP contribution in [0.25, 0.3) is 11.6 Å². The lowest BCUT2D eigenvalue weighted by Crippen LogP contribution is -2.32. The van der Waals surface area contributed by atoms with Gasteiger partial charge >= 0.3 is 0 Å². The van der Waals surface area contributed by atoms with Crippen LogP contribution in [0.4, 0.5) is 4.39 Å². The summed E-state index contributed by atoms with van der Waals surface area (Å²) < 4.78 is 20.9. The minimum atomic E-state index is -0.779. The van der Waals surface area contributed by atoms with Gasteiger partial charge < -0.3 is 4.42 Å². The summed E-state index contributed by atoms with van der Waals surface area (Å²) in [5.74, 6) is -1.05. The van der Waals surface area contributed by atoms with Gasteiger partial charge in [0.25, 0.3) is 5.56 Å². The summed E-state index contributed by atoms with van der Waals surface area (Å²) in [4.78, 5) is 25.4. The average Bonchev–Trinajstić information content (AvgIpc) is 3.27. The quantitative estimate of drug-likeness (QED) is 0.502. The number of carbonyl (C=O) groups is 1. The number of hydrogen-bond donors (Lipinski definition) is 0. The van der Waals surface area contributed by atoms with Gasteiger partial charge in [0.2, 0.25) is 5.78 Å². The molecule has 0 aliphatic carbocycles. The summed E-state index contributed by atoms with van der Waals surface area (Å²) in [5.41, 5.74) is -0.917. The standard InChI is InChI=1S/C20H13FN2O3S/c1-2-9-23-19(25)17(11-13-6-5-10-26-13)27-20(23)15(12-22)18(24)14-7-3-4-8-16(14)21/h2-8,10-11H,1,9H2/b17-11+,20-15+. The van der Waals surface area contributed by atoms with Crippen molar-refractivity contribution in [3.8, 4) is 6.07 Å². The van der Waals surface area contributed by atoms with Gasteiger partial charge in [-0.3, -0.25) is 14.2 Å².